The van der Waals surface area contributed by atoms with E-state index >= 15 is 0 Å². The molecule has 1 aliphatic heterocycles. The molecule has 0 atom stereocenters. The lowest BCUT2D eigenvalue weighted by molar-refractivity contribution is 0.251. The molecule has 18 heavy (non-hydrogen) atoms. The molecule has 88 valence electrons. The molecule has 0 saturated carbocycles. The first-order valence-electron chi connectivity index (χ1n) is 5.05. The van der Waals surface area contributed by atoms with Gasteiger partial charge in [0.1, 0.15) is 12.1 Å². The molecular formula is C11H8N6O. The third kappa shape index (κ3) is 2.20. The smallest absolute Gasteiger partial charge is 0.319 e. The quantitative estimate of drug-likeness (QED) is 0.531. The standard InChI is InChI=1S/C11H8N6O/c12-4-7(5-13)16-17-10-3-1-2-9-8(10)6-14-11(18)15-9/h1-3,17H,6H2,(H2,14,15,18). The Bertz CT molecular complexity index is 591. The summed E-state index contributed by atoms with van der Waals surface area (Å²) in [5, 5.41) is 26.1. The number of nitrogens with one attached hydrogen (secondary N) is 3. The predicted molar refractivity (Wildman–Crippen MR) is 64.6 cm³/mol. The fourth-order valence-electron chi connectivity index (χ4n) is 1.53. The third-order valence-corrected chi connectivity index (χ3v) is 2.35. The Morgan fingerprint density at radius 2 is 2.17 bits per heavy atom. The van der Waals surface area contributed by atoms with Gasteiger partial charge in [0.05, 0.1) is 5.69 Å². The number of amides is 2. The first kappa shape index (κ1) is 11.4. The van der Waals surface area contributed by atoms with Gasteiger partial charge >= 0.3 is 6.03 Å². The number of nitriles is 2. The van der Waals surface area contributed by atoms with Gasteiger partial charge in [-0.25, -0.2) is 4.79 Å². The second-order valence-corrected chi connectivity index (χ2v) is 3.44. The van der Waals surface area contributed by atoms with Crippen molar-refractivity contribution in [2.24, 2.45) is 5.10 Å². The van der Waals surface area contributed by atoms with Gasteiger partial charge < -0.3 is 10.6 Å². The monoisotopic (exact) mass is 240 g/mol. The van der Waals surface area contributed by atoms with E-state index in [0.29, 0.717) is 17.9 Å². The Morgan fingerprint density at radius 3 is 2.89 bits per heavy atom. The summed E-state index contributed by atoms with van der Waals surface area (Å²) in [5.74, 6) is 0. The second-order valence-electron chi connectivity index (χ2n) is 3.44. The van der Waals surface area contributed by atoms with Gasteiger partial charge in [-0.2, -0.15) is 15.6 Å². The van der Waals surface area contributed by atoms with Gasteiger partial charge in [-0.1, -0.05) is 6.07 Å². The zero-order valence-corrected chi connectivity index (χ0v) is 9.19. The van der Waals surface area contributed by atoms with Crippen molar-refractivity contribution < 1.29 is 4.79 Å². The first-order chi connectivity index (χ1) is 8.74. The molecule has 7 nitrogen and oxygen atoms in total. The summed E-state index contributed by atoms with van der Waals surface area (Å²) in [6.07, 6.45) is 0. The van der Waals surface area contributed by atoms with Crippen LogP contribution in [0.25, 0.3) is 0 Å². The molecule has 0 saturated heterocycles. The minimum atomic E-state index is -0.266. The lowest BCUT2D eigenvalue weighted by atomic mass is 10.1. The van der Waals surface area contributed by atoms with Gasteiger partial charge in [-0.15, -0.1) is 0 Å². The molecule has 1 aromatic rings. The molecule has 1 aliphatic rings. The predicted octanol–water partition coefficient (Wildman–Crippen LogP) is 1.14. The summed E-state index contributed by atoms with van der Waals surface area (Å²) in [7, 11) is 0. The van der Waals surface area contributed by atoms with Gasteiger partial charge in [0.2, 0.25) is 5.71 Å². The number of nitrogens with zero attached hydrogens (tertiary/aromatic N) is 3. The highest BCUT2D eigenvalue weighted by Gasteiger charge is 2.16. The number of benzene rings is 1. The largest absolute Gasteiger partial charge is 0.334 e. The maximum Gasteiger partial charge on any atom is 0.319 e. The van der Waals surface area contributed by atoms with Crippen LogP contribution >= 0.6 is 0 Å². The highest BCUT2D eigenvalue weighted by atomic mass is 16.2. The number of rotatable bonds is 2. The van der Waals surface area contributed by atoms with Crippen molar-refractivity contribution in [3.8, 4) is 12.1 Å². The van der Waals surface area contributed by atoms with E-state index in [1.165, 1.54) is 0 Å². The number of carbonyl (C=O) groups is 1. The van der Waals surface area contributed by atoms with E-state index in [2.05, 4.69) is 21.2 Å². The summed E-state index contributed by atoms with van der Waals surface area (Å²) in [6.45, 7) is 0.355. The van der Waals surface area contributed by atoms with Crippen LogP contribution in [0, 0.1) is 22.7 Å². The van der Waals surface area contributed by atoms with Crippen LogP contribution in [-0.4, -0.2) is 11.7 Å². The number of carbonyl (C=O) groups excluding carboxylic acids is 1. The summed E-state index contributed by atoms with van der Waals surface area (Å²) in [4.78, 5) is 11.1. The molecule has 0 aliphatic carbocycles. The van der Waals surface area contributed by atoms with Gasteiger partial charge in [0, 0.05) is 17.8 Å². The lowest BCUT2D eigenvalue weighted by Gasteiger charge is -2.20. The van der Waals surface area contributed by atoms with E-state index < -0.39 is 0 Å². The van der Waals surface area contributed by atoms with Crippen molar-refractivity contribution in [2.75, 3.05) is 10.7 Å². The molecule has 2 amide bonds. The van der Waals surface area contributed by atoms with Crippen LogP contribution in [0.15, 0.2) is 23.3 Å². The second kappa shape index (κ2) is 4.85. The minimum Gasteiger partial charge on any atom is -0.334 e. The van der Waals surface area contributed by atoms with E-state index in [-0.39, 0.29) is 11.7 Å². The Hall–Kier alpha value is -3.06. The Labute approximate surface area is 103 Å². The summed E-state index contributed by atoms with van der Waals surface area (Å²) in [6, 6.07) is 8.28. The summed E-state index contributed by atoms with van der Waals surface area (Å²) in [5.41, 5.74) is 4.50. The molecule has 0 unspecified atom stereocenters. The van der Waals surface area contributed by atoms with Crippen LogP contribution in [0.4, 0.5) is 16.2 Å². The molecule has 1 heterocycles. The van der Waals surface area contributed by atoms with Gasteiger partial charge in [-0.05, 0) is 12.1 Å². The molecule has 0 spiro atoms. The number of hydrazone groups is 1. The fraction of sp³-hybridized carbons (Fsp3) is 0.0909. The van der Waals surface area contributed by atoms with E-state index in [1.54, 1.807) is 30.3 Å². The van der Waals surface area contributed by atoms with Crippen LogP contribution in [0.3, 0.4) is 0 Å². The average Bonchev–Trinajstić information content (AvgIpc) is 2.39. The Balaban J connectivity index is 2.29. The average molecular weight is 240 g/mol. The zero-order valence-electron chi connectivity index (χ0n) is 9.19. The van der Waals surface area contributed by atoms with Crippen molar-refractivity contribution in [1.82, 2.24) is 5.32 Å². The van der Waals surface area contributed by atoms with E-state index in [0.717, 1.165) is 5.56 Å². The Morgan fingerprint density at radius 1 is 1.39 bits per heavy atom. The van der Waals surface area contributed by atoms with Gasteiger partial charge in [0.15, 0.2) is 0 Å². The minimum absolute atomic E-state index is 0.264. The van der Waals surface area contributed by atoms with Crippen LogP contribution in [0.1, 0.15) is 5.56 Å². The van der Waals surface area contributed by atoms with Crippen LogP contribution in [-0.2, 0) is 6.54 Å². The number of hydrogen-bond donors (Lipinski definition) is 3. The Kier molecular flexibility index (Phi) is 3.08. The molecule has 2 rings (SSSR count). The first-order valence-corrected chi connectivity index (χ1v) is 5.05. The van der Waals surface area contributed by atoms with Crippen molar-refractivity contribution in [1.29, 1.82) is 10.5 Å². The van der Waals surface area contributed by atoms with E-state index in [1.807, 2.05) is 0 Å². The molecule has 0 fully saturated rings. The molecular weight excluding hydrogens is 232 g/mol. The third-order valence-electron chi connectivity index (χ3n) is 2.35. The molecule has 7 heteroatoms. The number of fused-ring (bicyclic) bond motifs is 1. The van der Waals surface area contributed by atoms with Crippen LogP contribution < -0.4 is 16.1 Å². The topological polar surface area (TPSA) is 113 Å². The molecule has 1 aromatic carbocycles. The highest BCUT2D eigenvalue weighted by molar-refractivity contribution is 6.10. The molecule has 0 radical (unpaired) electrons. The van der Waals surface area contributed by atoms with Crippen LogP contribution in [0.2, 0.25) is 0 Å². The SMILES string of the molecule is N#CC(C#N)=NNc1cccc2c1CNC(=O)N2. The fourth-order valence-corrected chi connectivity index (χ4v) is 1.53. The number of hydrogen-bond acceptors (Lipinski definition) is 5. The van der Waals surface area contributed by atoms with Gasteiger partial charge in [0.25, 0.3) is 0 Å². The van der Waals surface area contributed by atoms with Gasteiger partial charge in [-0.3, -0.25) is 5.43 Å². The maximum atomic E-state index is 11.1. The number of urea groups is 1. The maximum absolute atomic E-state index is 11.1. The van der Waals surface area contributed by atoms with Crippen molar-refractivity contribution in [3.05, 3.63) is 23.8 Å². The van der Waals surface area contributed by atoms with E-state index in [9.17, 15) is 4.79 Å². The van der Waals surface area contributed by atoms with Crippen LogP contribution in [0.5, 0.6) is 0 Å². The zero-order chi connectivity index (χ0) is 13.0. The van der Waals surface area contributed by atoms with E-state index in [4.69, 9.17) is 10.5 Å². The normalized spacial score (nSPS) is 12.0. The van der Waals surface area contributed by atoms with Crippen molar-refractivity contribution in [3.63, 3.8) is 0 Å². The molecule has 0 aromatic heterocycles. The number of anilines is 2. The van der Waals surface area contributed by atoms with Crippen molar-refractivity contribution in [2.45, 2.75) is 6.54 Å². The molecule has 3 N–H and O–H groups in total. The van der Waals surface area contributed by atoms with Crippen molar-refractivity contribution >= 4 is 23.1 Å². The summed E-state index contributed by atoms with van der Waals surface area (Å²) >= 11 is 0. The lowest BCUT2D eigenvalue weighted by Crippen LogP contribution is -2.33. The molecule has 0 bridgehead atoms. The highest BCUT2D eigenvalue weighted by Crippen LogP contribution is 2.26. The summed E-state index contributed by atoms with van der Waals surface area (Å²) < 4.78 is 0.